The van der Waals surface area contributed by atoms with Crippen molar-refractivity contribution in [3.05, 3.63) is 29.8 Å². The summed E-state index contributed by atoms with van der Waals surface area (Å²) in [6.45, 7) is 6.23. The van der Waals surface area contributed by atoms with Crippen LogP contribution in [-0.2, 0) is 0 Å². The highest BCUT2D eigenvalue weighted by Gasteiger charge is 2.18. The Labute approximate surface area is 107 Å². The van der Waals surface area contributed by atoms with Gasteiger partial charge in [-0.15, -0.1) is 0 Å². The molecule has 0 saturated heterocycles. The maximum atomic E-state index is 13.4. The number of nitrogens with two attached hydrogens (primary N) is 1. The Morgan fingerprint density at radius 3 is 2.72 bits per heavy atom. The highest BCUT2D eigenvalue weighted by Crippen LogP contribution is 2.26. The van der Waals surface area contributed by atoms with Gasteiger partial charge in [0, 0.05) is 6.04 Å². The van der Waals surface area contributed by atoms with Gasteiger partial charge in [0.25, 0.3) is 0 Å². The molecule has 0 spiro atoms. The number of hydrogen-bond acceptors (Lipinski definition) is 2. The molecule has 0 aliphatic heterocycles. The first-order valence-corrected chi connectivity index (χ1v) is 6.47. The standard InChI is InChI=1S/C14H20FN3/c1-4-5-11(16)14-17-12-7-6-10(15)8-13(12)18(14)9(2)3/h6-9,11H,4-5,16H2,1-3H3. The monoisotopic (exact) mass is 249 g/mol. The minimum absolute atomic E-state index is 0.0899. The molecule has 3 nitrogen and oxygen atoms in total. The number of nitrogens with zero attached hydrogens (tertiary/aromatic N) is 2. The van der Waals surface area contributed by atoms with Crippen LogP contribution in [0.25, 0.3) is 11.0 Å². The third-order valence-corrected chi connectivity index (χ3v) is 3.13. The molecule has 18 heavy (non-hydrogen) atoms. The van der Waals surface area contributed by atoms with Gasteiger partial charge in [-0.3, -0.25) is 0 Å². The topological polar surface area (TPSA) is 43.8 Å². The lowest BCUT2D eigenvalue weighted by Gasteiger charge is -2.17. The van der Waals surface area contributed by atoms with Crippen LogP contribution in [0.2, 0.25) is 0 Å². The maximum absolute atomic E-state index is 13.4. The molecule has 1 heterocycles. The van der Waals surface area contributed by atoms with E-state index in [1.807, 2.05) is 4.57 Å². The molecule has 2 rings (SSSR count). The van der Waals surface area contributed by atoms with Gasteiger partial charge in [-0.25, -0.2) is 9.37 Å². The van der Waals surface area contributed by atoms with Gasteiger partial charge in [0.1, 0.15) is 11.6 Å². The van der Waals surface area contributed by atoms with E-state index < -0.39 is 0 Å². The lowest BCUT2D eigenvalue weighted by Crippen LogP contribution is -2.17. The van der Waals surface area contributed by atoms with E-state index in [0.29, 0.717) is 0 Å². The Balaban J connectivity index is 2.61. The summed E-state index contributed by atoms with van der Waals surface area (Å²) >= 11 is 0. The van der Waals surface area contributed by atoms with Gasteiger partial charge in [0.15, 0.2) is 0 Å². The molecular weight excluding hydrogens is 229 g/mol. The van der Waals surface area contributed by atoms with E-state index in [1.165, 1.54) is 12.1 Å². The predicted molar refractivity (Wildman–Crippen MR) is 71.9 cm³/mol. The number of halogens is 1. The molecule has 0 fully saturated rings. The van der Waals surface area contributed by atoms with Gasteiger partial charge < -0.3 is 10.3 Å². The second kappa shape index (κ2) is 5.06. The second-order valence-electron chi connectivity index (χ2n) is 4.96. The van der Waals surface area contributed by atoms with E-state index in [9.17, 15) is 4.39 Å². The Bertz CT molecular complexity index is 545. The van der Waals surface area contributed by atoms with Crippen molar-refractivity contribution < 1.29 is 4.39 Å². The first kappa shape index (κ1) is 13.0. The predicted octanol–water partition coefficient (Wildman–Crippen LogP) is 3.56. The number of imidazole rings is 1. The molecule has 2 N–H and O–H groups in total. The largest absolute Gasteiger partial charge is 0.324 e. The third kappa shape index (κ3) is 2.25. The van der Waals surface area contributed by atoms with Crippen LogP contribution in [0.1, 0.15) is 51.5 Å². The minimum Gasteiger partial charge on any atom is -0.324 e. The molecule has 1 aromatic heterocycles. The van der Waals surface area contributed by atoms with Crippen molar-refractivity contribution in [2.24, 2.45) is 5.73 Å². The molecule has 0 bridgehead atoms. The van der Waals surface area contributed by atoms with Crippen LogP contribution in [0.3, 0.4) is 0 Å². The Kier molecular flexibility index (Phi) is 3.66. The van der Waals surface area contributed by atoms with Gasteiger partial charge in [0.2, 0.25) is 0 Å². The van der Waals surface area contributed by atoms with E-state index in [2.05, 4.69) is 25.8 Å². The first-order valence-electron chi connectivity index (χ1n) is 6.47. The highest BCUT2D eigenvalue weighted by atomic mass is 19.1. The van der Waals surface area contributed by atoms with Crippen molar-refractivity contribution in [3.63, 3.8) is 0 Å². The number of rotatable bonds is 4. The van der Waals surface area contributed by atoms with E-state index in [1.54, 1.807) is 6.07 Å². The summed E-state index contributed by atoms with van der Waals surface area (Å²) < 4.78 is 15.4. The molecule has 0 radical (unpaired) electrons. The fourth-order valence-electron chi connectivity index (χ4n) is 2.33. The van der Waals surface area contributed by atoms with Gasteiger partial charge in [-0.2, -0.15) is 0 Å². The Morgan fingerprint density at radius 2 is 2.11 bits per heavy atom. The average Bonchev–Trinajstić information content (AvgIpc) is 2.67. The van der Waals surface area contributed by atoms with Crippen LogP contribution in [0.5, 0.6) is 0 Å². The second-order valence-corrected chi connectivity index (χ2v) is 4.96. The van der Waals surface area contributed by atoms with Gasteiger partial charge in [-0.05, 0) is 38.5 Å². The Morgan fingerprint density at radius 1 is 1.39 bits per heavy atom. The zero-order chi connectivity index (χ0) is 13.3. The summed E-state index contributed by atoms with van der Waals surface area (Å²) in [6.07, 6.45) is 1.90. The highest BCUT2D eigenvalue weighted by molar-refractivity contribution is 5.76. The number of aromatic nitrogens is 2. The summed E-state index contributed by atoms with van der Waals surface area (Å²) in [6, 6.07) is 4.81. The van der Waals surface area contributed by atoms with E-state index in [0.717, 1.165) is 29.7 Å². The van der Waals surface area contributed by atoms with Crippen molar-refractivity contribution in [1.29, 1.82) is 0 Å². The van der Waals surface area contributed by atoms with Crippen molar-refractivity contribution in [2.75, 3.05) is 0 Å². The lowest BCUT2D eigenvalue weighted by molar-refractivity contribution is 0.519. The lowest BCUT2D eigenvalue weighted by atomic mass is 10.1. The molecule has 0 amide bonds. The smallest absolute Gasteiger partial charge is 0.127 e. The quantitative estimate of drug-likeness (QED) is 0.900. The molecule has 0 aliphatic carbocycles. The van der Waals surface area contributed by atoms with Crippen LogP contribution >= 0.6 is 0 Å². The molecular formula is C14H20FN3. The fourth-order valence-corrected chi connectivity index (χ4v) is 2.33. The van der Waals surface area contributed by atoms with Crippen molar-refractivity contribution in [1.82, 2.24) is 9.55 Å². The van der Waals surface area contributed by atoms with Crippen molar-refractivity contribution in [3.8, 4) is 0 Å². The van der Waals surface area contributed by atoms with Gasteiger partial charge in [-0.1, -0.05) is 13.3 Å². The van der Waals surface area contributed by atoms with Gasteiger partial charge in [0.05, 0.1) is 17.1 Å². The minimum atomic E-state index is -0.236. The molecule has 0 saturated carbocycles. The Hall–Kier alpha value is -1.42. The van der Waals surface area contributed by atoms with Crippen LogP contribution in [0.4, 0.5) is 4.39 Å². The normalized spacial score (nSPS) is 13.4. The van der Waals surface area contributed by atoms with Crippen LogP contribution in [0.15, 0.2) is 18.2 Å². The molecule has 2 aromatic rings. The van der Waals surface area contributed by atoms with E-state index in [-0.39, 0.29) is 17.9 Å². The molecule has 98 valence electrons. The van der Waals surface area contributed by atoms with Crippen LogP contribution in [0, 0.1) is 5.82 Å². The first-order chi connectivity index (χ1) is 8.54. The molecule has 1 atom stereocenters. The number of benzene rings is 1. The zero-order valence-electron chi connectivity index (χ0n) is 11.2. The van der Waals surface area contributed by atoms with Gasteiger partial charge >= 0.3 is 0 Å². The number of fused-ring (bicyclic) bond motifs is 1. The summed E-state index contributed by atoms with van der Waals surface area (Å²) in [5.41, 5.74) is 7.81. The SMILES string of the molecule is CCCC(N)c1nc2ccc(F)cc2n1C(C)C. The maximum Gasteiger partial charge on any atom is 0.127 e. The third-order valence-electron chi connectivity index (χ3n) is 3.13. The molecule has 0 aliphatic rings. The summed E-state index contributed by atoms with van der Waals surface area (Å²) in [5, 5.41) is 0. The van der Waals surface area contributed by atoms with E-state index in [4.69, 9.17) is 5.73 Å². The van der Waals surface area contributed by atoms with Crippen LogP contribution < -0.4 is 5.73 Å². The van der Waals surface area contributed by atoms with E-state index >= 15 is 0 Å². The summed E-state index contributed by atoms with van der Waals surface area (Å²) in [5.74, 6) is 0.618. The molecule has 1 unspecified atom stereocenters. The van der Waals surface area contributed by atoms with Crippen molar-refractivity contribution in [2.45, 2.75) is 45.7 Å². The zero-order valence-corrected chi connectivity index (χ0v) is 11.2. The fraction of sp³-hybridized carbons (Fsp3) is 0.500. The summed E-state index contributed by atoms with van der Waals surface area (Å²) in [4.78, 5) is 4.56. The van der Waals surface area contributed by atoms with Crippen molar-refractivity contribution >= 4 is 11.0 Å². The van der Waals surface area contributed by atoms with Crippen LogP contribution in [-0.4, -0.2) is 9.55 Å². The molecule has 4 heteroatoms. The summed E-state index contributed by atoms with van der Waals surface area (Å²) in [7, 11) is 0. The molecule has 1 aromatic carbocycles. The average molecular weight is 249 g/mol. The number of hydrogen-bond donors (Lipinski definition) is 1.